The zero-order chi connectivity index (χ0) is 19.0. The summed E-state index contributed by atoms with van der Waals surface area (Å²) in [6, 6.07) is 0. The van der Waals surface area contributed by atoms with Crippen LogP contribution in [0, 0.1) is 11.8 Å². The fourth-order valence-corrected chi connectivity index (χ4v) is 5.12. The molecule has 0 unspecified atom stereocenters. The molecule has 0 bridgehead atoms. The Hall–Kier alpha value is -2.15. The van der Waals surface area contributed by atoms with Crippen LogP contribution in [0.5, 0.6) is 0 Å². The second-order valence-electron chi connectivity index (χ2n) is 7.06. The third kappa shape index (κ3) is 3.28. The smallest absolute Gasteiger partial charge is 0.341 e. The highest BCUT2D eigenvalue weighted by Gasteiger charge is 2.38. The summed E-state index contributed by atoms with van der Waals surface area (Å²) in [6.07, 6.45) is 3.49. The molecule has 0 saturated carbocycles. The third-order valence-corrected chi connectivity index (χ3v) is 6.68. The predicted octanol–water partition coefficient (Wildman–Crippen LogP) is 3.41. The van der Waals surface area contributed by atoms with Gasteiger partial charge < -0.3 is 15.2 Å². The van der Waals surface area contributed by atoms with Crippen LogP contribution in [0.3, 0.4) is 0 Å². The van der Waals surface area contributed by atoms with Crippen LogP contribution in [0.4, 0.5) is 5.00 Å². The molecule has 0 aromatic carbocycles. The molecule has 1 amide bonds. The standard InChI is InChI=1S/C19H23NO5S/c1-9-7-12(13(18(22)23)8-10(9)2)16(21)20-17-15(19(24)25-3)11-5-4-6-14(11)26-17/h12-13H,4-8H2,1-3H3,(H,20,21)(H,22,23)/t12-,13+/m0/s1. The lowest BCUT2D eigenvalue weighted by molar-refractivity contribution is -0.146. The van der Waals surface area contributed by atoms with Gasteiger partial charge in [0.05, 0.1) is 24.5 Å². The van der Waals surface area contributed by atoms with Gasteiger partial charge in [-0.3, -0.25) is 9.59 Å². The van der Waals surface area contributed by atoms with E-state index in [4.69, 9.17) is 4.74 Å². The number of nitrogens with one attached hydrogen (secondary N) is 1. The Labute approximate surface area is 156 Å². The Morgan fingerprint density at radius 1 is 1.12 bits per heavy atom. The Morgan fingerprint density at radius 3 is 2.38 bits per heavy atom. The first kappa shape index (κ1) is 18.6. The van der Waals surface area contributed by atoms with Crippen molar-refractivity contribution < 1.29 is 24.2 Å². The van der Waals surface area contributed by atoms with Crippen molar-refractivity contribution in [3.8, 4) is 0 Å². The summed E-state index contributed by atoms with van der Waals surface area (Å²) in [7, 11) is 1.32. The summed E-state index contributed by atoms with van der Waals surface area (Å²) >= 11 is 1.40. The number of carbonyl (C=O) groups excluding carboxylic acids is 2. The number of carboxylic acid groups (broad SMARTS) is 1. The van der Waals surface area contributed by atoms with Crippen LogP contribution in [-0.2, 0) is 27.2 Å². The molecule has 140 valence electrons. The molecule has 0 saturated heterocycles. The van der Waals surface area contributed by atoms with Crippen molar-refractivity contribution in [3.05, 3.63) is 27.2 Å². The van der Waals surface area contributed by atoms with Crippen molar-refractivity contribution in [1.29, 1.82) is 0 Å². The van der Waals surface area contributed by atoms with Crippen LogP contribution in [0.15, 0.2) is 11.1 Å². The molecule has 2 atom stereocenters. The number of thiophene rings is 1. The molecule has 2 aliphatic carbocycles. The average molecular weight is 377 g/mol. The lowest BCUT2D eigenvalue weighted by atomic mass is 9.76. The van der Waals surface area contributed by atoms with E-state index in [1.54, 1.807) is 0 Å². The third-order valence-electron chi connectivity index (χ3n) is 5.47. The molecule has 1 aromatic rings. The molecule has 6 nitrogen and oxygen atoms in total. The van der Waals surface area contributed by atoms with Crippen molar-refractivity contribution >= 4 is 34.2 Å². The highest BCUT2D eigenvalue weighted by atomic mass is 32.1. The predicted molar refractivity (Wildman–Crippen MR) is 98.5 cm³/mol. The molecule has 26 heavy (non-hydrogen) atoms. The van der Waals surface area contributed by atoms with Crippen molar-refractivity contribution in [2.24, 2.45) is 11.8 Å². The molecule has 1 heterocycles. The van der Waals surface area contributed by atoms with E-state index in [2.05, 4.69) is 5.32 Å². The molecule has 3 rings (SSSR count). The van der Waals surface area contributed by atoms with Gasteiger partial charge in [-0.05, 0) is 51.5 Å². The Kier molecular flexibility index (Phi) is 5.18. The molecular formula is C19H23NO5S. The zero-order valence-electron chi connectivity index (χ0n) is 15.2. The maximum atomic E-state index is 12.9. The number of anilines is 1. The number of hydrogen-bond acceptors (Lipinski definition) is 5. The van der Waals surface area contributed by atoms with Gasteiger partial charge in [0.25, 0.3) is 0 Å². The van der Waals surface area contributed by atoms with Gasteiger partial charge in [0.2, 0.25) is 5.91 Å². The molecule has 0 fully saturated rings. The highest BCUT2D eigenvalue weighted by Crippen LogP contribution is 2.41. The quantitative estimate of drug-likeness (QED) is 0.620. The number of fused-ring (bicyclic) bond motifs is 1. The summed E-state index contributed by atoms with van der Waals surface area (Å²) in [5.74, 6) is -3.14. The van der Waals surface area contributed by atoms with E-state index in [1.165, 1.54) is 18.4 Å². The van der Waals surface area contributed by atoms with Crippen LogP contribution in [0.2, 0.25) is 0 Å². The first-order chi connectivity index (χ1) is 12.3. The van der Waals surface area contributed by atoms with Gasteiger partial charge in [-0.1, -0.05) is 11.1 Å². The number of carbonyl (C=O) groups is 3. The van der Waals surface area contributed by atoms with Crippen LogP contribution < -0.4 is 5.32 Å². The van der Waals surface area contributed by atoms with E-state index in [0.29, 0.717) is 23.4 Å². The Morgan fingerprint density at radius 2 is 1.77 bits per heavy atom. The number of methoxy groups -OCH3 is 1. The Bertz CT molecular complexity index is 807. The average Bonchev–Trinajstić information content (AvgIpc) is 3.16. The highest BCUT2D eigenvalue weighted by molar-refractivity contribution is 7.17. The molecule has 2 N–H and O–H groups in total. The molecule has 2 aliphatic rings. The first-order valence-electron chi connectivity index (χ1n) is 8.75. The monoisotopic (exact) mass is 377 g/mol. The summed E-state index contributed by atoms with van der Waals surface area (Å²) < 4.78 is 4.89. The number of rotatable bonds is 4. The van der Waals surface area contributed by atoms with E-state index in [1.807, 2.05) is 13.8 Å². The van der Waals surface area contributed by atoms with Gasteiger partial charge in [-0.15, -0.1) is 11.3 Å². The summed E-state index contributed by atoms with van der Waals surface area (Å²) in [5, 5.41) is 12.9. The second kappa shape index (κ2) is 7.23. The lowest BCUT2D eigenvalue weighted by Crippen LogP contribution is -2.36. The summed E-state index contributed by atoms with van der Waals surface area (Å²) in [5.41, 5.74) is 3.49. The minimum atomic E-state index is -0.959. The zero-order valence-corrected chi connectivity index (χ0v) is 16.0. The largest absolute Gasteiger partial charge is 0.481 e. The summed E-state index contributed by atoms with van der Waals surface area (Å²) in [6.45, 7) is 3.85. The van der Waals surface area contributed by atoms with E-state index in [9.17, 15) is 19.5 Å². The molecule has 0 spiro atoms. The van der Waals surface area contributed by atoms with E-state index in [-0.39, 0.29) is 5.91 Å². The van der Waals surface area contributed by atoms with Crippen molar-refractivity contribution in [2.75, 3.05) is 12.4 Å². The number of allylic oxidation sites excluding steroid dienone is 2. The number of amides is 1. The lowest BCUT2D eigenvalue weighted by Gasteiger charge is -2.29. The van der Waals surface area contributed by atoms with E-state index < -0.39 is 23.8 Å². The van der Waals surface area contributed by atoms with Crippen LogP contribution in [0.1, 0.15) is 53.9 Å². The van der Waals surface area contributed by atoms with Gasteiger partial charge in [0.1, 0.15) is 5.00 Å². The number of hydrogen-bond donors (Lipinski definition) is 2. The molecule has 7 heteroatoms. The number of aryl methyl sites for hydroxylation is 1. The number of ether oxygens (including phenoxy) is 1. The fourth-order valence-electron chi connectivity index (χ4n) is 3.84. The van der Waals surface area contributed by atoms with Crippen LogP contribution in [-0.4, -0.2) is 30.1 Å². The number of esters is 1. The molecule has 0 aliphatic heterocycles. The van der Waals surface area contributed by atoms with Gasteiger partial charge in [-0.2, -0.15) is 0 Å². The normalized spacial score (nSPS) is 22.1. The minimum absolute atomic E-state index is 0.339. The fraction of sp³-hybridized carbons (Fsp3) is 0.526. The summed E-state index contributed by atoms with van der Waals surface area (Å²) in [4.78, 5) is 37.8. The molecular weight excluding hydrogens is 354 g/mol. The van der Waals surface area contributed by atoms with Gasteiger partial charge >= 0.3 is 11.9 Å². The van der Waals surface area contributed by atoms with Crippen molar-refractivity contribution in [1.82, 2.24) is 0 Å². The second-order valence-corrected chi connectivity index (χ2v) is 8.17. The van der Waals surface area contributed by atoms with Crippen molar-refractivity contribution in [3.63, 3.8) is 0 Å². The maximum absolute atomic E-state index is 12.9. The SMILES string of the molecule is COC(=O)c1c(NC(=O)[C@H]2CC(C)=C(C)C[C@H]2C(=O)O)sc2c1CCC2. The number of carboxylic acids is 1. The van der Waals surface area contributed by atoms with Crippen LogP contribution in [0.25, 0.3) is 0 Å². The molecule has 0 radical (unpaired) electrons. The van der Waals surface area contributed by atoms with E-state index >= 15 is 0 Å². The molecule has 1 aromatic heterocycles. The van der Waals surface area contributed by atoms with Gasteiger partial charge in [-0.25, -0.2) is 4.79 Å². The Balaban J connectivity index is 1.88. The van der Waals surface area contributed by atoms with Gasteiger partial charge in [0.15, 0.2) is 0 Å². The van der Waals surface area contributed by atoms with Crippen molar-refractivity contribution in [2.45, 2.75) is 46.0 Å². The van der Waals surface area contributed by atoms with Crippen LogP contribution >= 0.6 is 11.3 Å². The first-order valence-corrected chi connectivity index (χ1v) is 9.56. The topological polar surface area (TPSA) is 92.7 Å². The minimum Gasteiger partial charge on any atom is -0.481 e. The van der Waals surface area contributed by atoms with E-state index in [0.717, 1.165) is 40.8 Å². The van der Waals surface area contributed by atoms with Gasteiger partial charge in [0, 0.05) is 4.88 Å². The number of aliphatic carboxylic acids is 1. The maximum Gasteiger partial charge on any atom is 0.341 e.